The topological polar surface area (TPSA) is 61.9 Å². The molecule has 39 heavy (non-hydrogen) atoms. The molecule has 0 spiro atoms. The minimum Gasteiger partial charge on any atom is -0.378 e. The molecule has 6 rings (SSSR count). The smallest absolute Gasteiger partial charge is 0.250 e. The molecule has 1 saturated carbocycles. The van der Waals surface area contributed by atoms with Gasteiger partial charge in [-0.05, 0) is 84.9 Å². The zero-order valence-electron chi connectivity index (χ0n) is 22.4. The maximum Gasteiger partial charge on any atom is 0.250 e. The Balaban J connectivity index is 1.27. The summed E-state index contributed by atoms with van der Waals surface area (Å²) in [6, 6.07) is 26.7. The van der Waals surface area contributed by atoms with E-state index in [0.29, 0.717) is 31.2 Å². The predicted octanol–water partition coefficient (Wildman–Crippen LogP) is 5.07. The van der Waals surface area contributed by atoms with Crippen molar-refractivity contribution in [2.75, 3.05) is 36.5 Å². The number of carbonyl (C=O) groups excluding carboxylic acids is 2. The van der Waals surface area contributed by atoms with Gasteiger partial charge in [0.25, 0.3) is 0 Å². The van der Waals surface area contributed by atoms with Gasteiger partial charge in [0.05, 0.1) is 13.2 Å². The first-order chi connectivity index (χ1) is 19.1. The number of nitrogens with one attached hydrogen (secondary N) is 1. The minimum atomic E-state index is -0.895. The van der Waals surface area contributed by atoms with Gasteiger partial charge >= 0.3 is 0 Å². The van der Waals surface area contributed by atoms with Gasteiger partial charge in [-0.2, -0.15) is 0 Å². The average molecular weight is 524 g/mol. The van der Waals surface area contributed by atoms with Crippen LogP contribution in [0.5, 0.6) is 0 Å². The summed E-state index contributed by atoms with van der Waals surface area (Å²) >= 11 is 0. The third-order valence-corrected chi connectivity index (χ3v) is 9.07. The molecule has 1 aliphatic heterocycles. The van der Waals surface area contributed by atoms with E-state index in [1.807, 2.05) is 42.5 Å². The molecule has 1 saturated heterocycles. The van der Waals surface area contributed by atoms with Gasteiger partial charge in [0.15, 0.2) is 0 Å². The molecule has 3 aliphatic rings. The predicted molar refractivity (Wildman–Crippen MR) is 154 cm³/mol. The summed E-state index contributed by atoms with van der Waals surface area (Å²) in [6.07, 6.45) is 5.19. The second-order valence-electron chi connectivity index (χ2n) is 11.3. The summed E-state index contributed by atoms with van der Waals surface area (Å²) < 4.78 is 5.48. The van der Waals surface area contributed by atoms with Crippen LogP contribution in [0.1, 0.15) is 36.0 Å². The van der Waals surface area contributed by atoms with E-state index >= 15 is 0 Å². The van der Waals surface area contributed by atoms with Gasteiger partial charge < -0.3 is 19.9 Å². The van der Waals surface area contributed by atoms with E-state index in [2.05, 4.69) is 46.6 Å². The standard InChI is InChI=1S/C33H37N3O3/c37-24-36(23-25-6-2-1-3-7-25)33(15-14-28-20-26-8-4-5-9-27(26)21-29(28)22-33)32(38)34-30-10-12-31(13-11-30)35-16-18-39-19-17-35/h1-13,24,28-29H,14-23H2,(H,34,38)/t28-,29+,33+/m1/s1. The van der Waals surface area contributed by atoms with Crippen molar-refractivity contribution in [1.82, 2.24) is 4.90 Å². The number of hydrogen-bond donors (Lipinski definition) is 1. The lowest BCUT2D eigenvalue weighted by Gasteiger charge is -2.50. The van der Waals surface area contributed by atoms with Crippen LogP contribution in [0.4, 0.5) is 11.4 Å². The molecule has 0 aromatic heterocycles. The highest BCUT2D eigenvalue weighted by Gasteiger charge is 2.50. The molecule has 6 heteroatoms. The molecule has 0 unspecified atom stereocenters. The Labute approximate surface area is 231 Å². The van der Waals surface area contributed by atoms with Crippen LogP contribution in [-0.2, 0) is 33.7 Å². The van der Waals surface area contributed by atoms with Gasteiger partial charge in [0.2, 0.25) is 12.3 Å². The molecular weight excluding hydrogens is 486 g/mol. The molecule has 3 aromatic carbocycles. The van der Waals surface area contributed by atoms with E-state index in [-0.39, 0.29) is 5.91 Å². The van der Waals surface area contributed by atoms with Crippen LogP contribution in [-0.4, -0.2) is 49.1 Å². The van der Waals surface area contributed by atoms with Crippen LogP contribution >= 0.6 is 0 Å². The highest BCUT2D eigenvalue weighted by Crippen LogP contribution is 2.46. The number of amides is 2. The Morgan fingerprint density at radius 2 is 1.59 bits per heavy atom. The molecule has 0 radical (unpaired) electrons. The van der Waals surface area contributed by atoms with Gasteiger partial charge in [-0.1, -0.05) is 54.6 Å². The number of hydrogen-bond acceptors (Lipinski definition) is 4. The fraction of sp³-hybridized carbons (Fsp3) is 0.394. The zero-order valence-corrected chi connectivity index (χ0v) is 22.4. The second kappa shape index (κ2) is 11.2. The summed E-state index contributed by atoms with van der Waals surface area (Å²) in [4.78, 5) is 31.0. The van der Waals surface area contributed by atoms with Gasteiger partial charge in [-0.3, -0.25) is 9.59 Å². The monoisotopic (exact) mass is 523 g/mol. The second-order valence-corrected chi connectivity index (χ2v) is 11.3. The Hall–Kier alpha value is -3.64. The molecule has 3 aromatic rings. The van der Waals surface area contributed by atoms with Gasteiger partial charge in [0, 0.05) is 31.0 Å². The van der Waals surface area contributed by atoms with Crippen LogP contribution in [0.15, 0.2) is 78.9 Å². The SMILES string of the molecule is O=CN(Cc1ccccc1)[C@@]1(C(=O)Nc2ccc(N3CCOCC3)cc2)CC[C@@H]2Cc3ccccc3C[C@H]2C1. The van der Waals surface area contributed by atoms with E-state index in [9.17, 15) is 9.59 Å². The molecular formula is C33H37N3O3. The fourth-order valence-electron chi connectivity index (χ4n) is 6.88. The highest BCUT2D eigenvalue weighted by molar-refractivity contribution is 5.99. The Morgan fingerprint density at radius 1 is 0.923 bits per heavy atom. The van der Waals surface area contributed by atoms with Gasteiger partial charge in [-0.25, -0.2) is 0 Å². The van der Waals surface area contributed by atoms with Crippen LogP contribution < -0.4 is 10.2 Å². The first kappa shape index (κ1) is 25.6. The quantitative estimate of drug-likeness (QED) is 0.439. The Bertz CT molecular complexity index is 1290. The molecule has 2 aliphatic carbocycles. The van der Waals surface area contributed by atoms with Gasteiger partial charge in [-0.15, -0.1) is 0 Å². The largest absolute Gasteiger partial charge is 0.378 e. The molecule has 2 fully saturated rings. The number of ether oxygens (including phenoxy) is 1. The number of nitrogens with zero attached hydrogens (tertiary/aromatic N) is 2. The summed E-state index contributed by atoms with van der Waals surface area (Å²) in [5, 5.41) is 3.22. The zero-order chi connectivity index (χ0) is 26.7. The minimum absolute atomic E-state index is 0.0815. The van der Waals surface area contributed by atoms with Crippen molar-refractivity contribution in [3.05, 3.63) is 95.6 Å². The van der Waals surface area contributed by atoms with Crippen molar-refractivity contribution in [3.8, 4) is 0 Å². The van der Waals surface area contributed by atoms with Crippen LogP contribution in [0, 0.1) is 11.8 Å². The number of fused-ring (bicyclic) bond motifs is 2. The van der Waals surface area contributed by atoms with E-state index in [1.54, 1.807) is 4.90 Å². The van der Waals surface area contributed by atoms with Crippen molar-refractivity contribution < 1.29 is 14.3 Å². The third kappa shape index (κ3) is 5.30. The van der Waals surface area contributed by atoms with Crippen LogP contribution in [0.25, 0.3) is 0 Å². The van der Waals surface area contributed by atoms with Crippen LogP contribution in [0.3, 0.4) is 0 Å². The molecule has 2 amide bonds. The lowest BCUT2D eigenvalue weighted by Crippen LogP contribution is -2.60. The first-order valence-corrected chi connectivity index (χ1v) is 14.2. The average Bonchev–Trinajstić information content (AvgIpc) is 3.00. The molecule has 3 atom stereocenters. The number of morpholine rings is 1. The number of benzene rings is 3. The maximum absolute atomic E-state index is 14.2. The van der Waals surface area contributed by atoms with Crippen molar-refractivity contribution in [1.29, 1.82) is 0 Å². The first-order valence-electron chi connectivity index (χ1n) is 14.2. The molecule has 1 N–H and O–H groups in total. The van der Waals surface area contributed by atoms with Crippen molar-refractivity contribution >= 4 is 23.7 Å². The molecule has 1 heterocycles. The van der Waals surface area contributed by atoms with E-state index in [1.165, 1.54) is 11.1 Å². The summed E-state index contributed by atoms with van der Waals surface area (Å²) in [5.74, 6) is 0.821. The van der Waals surface area contributed by atoms with Gasteiger partial charge in [0.1, 0.15) is 5.54 Å². The van der Waals surface area contributed by atoms with Crippen molar-refractivity contribution in [3.63, 3.8) is 0 Å². The van der Waals surface area contributed by atoms with E-state index in [4.69, 9.17) is 4.74 Å². The molecule has 6 nitrogen and oxygen atoms in total. The highest BCUT2D eigenvalue weighted by atomic mass is 16.5. The lowest BCUT2D eigenvalue weighted by atomic mass is 9.62. The summed E-state index contributed by atoms with van der Waals surface area (Å²) in [5.41, 5.74) is 4.85. The Morgan fingerprint density at radius 3 is 2.28 bits per heavy atom. The Kier molecular flexibility index (Phi) is 7.38. The number of carbonyl (C=O) groups is 2. The lowest BCUT2D eigenvalue weighted by molar-refractivity contribution is -0.143. The van der Waals surface area contributed by atoms with Crippen molar-refractivity contribution in [2.45, 2.75) is 44.2 Å². The number of anilines is 2. The fourth-order valence-corrected chi connectivity index (χ4v) is 6.88. The third-order valence-electron chi connectivity index (χ3n) is 9.07. The van der Waals surface area contributed by atoms with Crippen LogP contribution in [0.2, 0.25) is 0 Å². The van der Waals surface area contributed by atoms with E-state index in [0.717, 1.165) is 68.9 Å². The summed E-state index contributed by atoms with van der Waals surface area (Å²) in [6.45, 7) is 3.62. The molecule has 0 bridgehead atoms. The maximum atomic E-state index is 14.2. The van der Waals surface area contributed by atoms with E-state index < -0.39 is 5.54 Å². The summed E-state index contributed by atoms with van der Waals surface area (Å²) in [7, 11) is 0. The van der Waals surface area contributed by atoms with Crippen molar-refractivity contribution in [2.24, 2.45) is 11.8 Å². The normalized spacial score (nSPS) is 24.3. The number of rotatable bonds is 7. The molecule has 202 valence electrons.